The number of aliphatic hydroxyl groups is 1. The number of hydrogen-bond donors (Lipinski definition) is 1. The summed E-state index contributed by atoms with van der Waals surface area (Å²) in [6.07, 6.45) is 0. The van der Waals surface area contributed by atoms with Gasteiger partial charge in [-0.2, -0.15) is 0 Å². The molecule has 0 radical (unpaired) electrons. The van der Waals surface area contributed by atoms with Crippen LogP contribution in [0, 0.1) is 0 Å². The van der Waals surface area contributed by atoms with Crippen molar-refractivity contribution in [3.63, 3.8) is 0 Å². The zero-order valence-electron chi connectivity index (χ0n) is 13.1. The van der Waals surface area contributed by atoms with Crippen LogP contribution >= 0.6 is 0 Å². The first-order valence-corrected chi connectivity index (χ1v) is 7.60. The van der Waals surface area contributed by atoms with Crippen molar-refractivity contribution in [3.05, 3.63) is 71.8 Å². The Labute approximate surface area is 132 Å². The quantitative estimate of drug-likeness (QED) is 0.907. The first-order chi connectivity index (χ1) is 10.8. The highest BCUT2D eigenvalue weighted by molar-refractivity contribution is 6.53. The minimum atomic E-state index is 0.250. The van der Waals surface area contributed by atoms with Crippen molar-refractivity contribution in [1.82, 2.24) is 0 Å². The molecule has 2 aromatic carbocycles. The van der Waals surface area contributed by atoms with Crippen molar-refractivity contribution in [1.29, 1.82) is 0 Å². The molecule has 0 aliphatic carbocycles. The van der Waals surface area contributed by atoms with Gasteiger partial charge in [-0.15, -0.1) is 0 Å². The van der Waals surface area contributed by atoms with E-state index >= 15 is 0 Å². The smallest absolute Gasteiger partial charge is 0.0908 e. The van der Waals surface area contributed by atoms with Crippen molar-refractivity contribution < 1.29 is 5.11 Å². The maximum atomic E-state index is 7.57. The Hall–Kier alpha value is -2.26. The topological polar surface area (TPSA) is 45.0 Å². The molecule has 1 aliphatic rings. The summed E-state index contributed by atoms with van der Waals surface area (Å²) >= 11 is 0. The van der Waals surface area contributed by atoms with E-state index in [9.17, 15) is 0 Å². The van der Waals surface area contributed by atoms with Crippen molar-refractivity contribution in [3.8, 4) is 0 Å². The molecular weight excluding hydrogens is 272 g/mol. The summed E-state index contributed by atoms with van der Waals surface area (Å²) in [6.45, 7) is 4.80. The molecule has 0 spiro atoms. The molecule has 0 fully saturated rings. The predicted octanol–water partition coefficient (Wildman–Crippen LogP) is 3.37. The van der Waals surface area contributed by atoms with Gasteiger partial charge in [0.1, 0.15) is 0 Å². The van der Waals surface area contributed by atoms with E-state index in [1.54, 1.807) is 6.92 Å². The first-order valence-electron chi connectivity index (χ1n) is 7.60. The van der Waals surface area contributed by atoms with E-state index in [1.165, 1.54) is 0 Å². The lowest BCUT2D eigenvalue weighted by Crippen LogP contribution is -2.26. The van der Waals surface area contributed by atoms with Gasteiger partial charge in [0.25, 0.3) is 0 Å². The molecule has 1 heterocycles. The maximum absolute atomic E-state index is 7.57. The van der Waals surface area contributed by atoms with Gasteiger partial charge in [0.15, 0.2) is 0 Å². The lowest BCUT2D eigenvalue weighted by Gasteiger charge is -2.18. The van der Waals surface area contributed by atoms with Crippen molar-refractivity contribution >= 4 is 11.4 Å². The Morgan fingerprint density at radius 3 is 1.86 bits per heavy atom. The Bertz CT molecular complexity index is 633. The molecule has 22 heavy (non-hydrogen) atoms. The second kappa shape index (κ2) is 8.25. The second-order valence-electron chi connectivity index (χ2n) is 5.06. The molecule has 0 saturated heterocycles. The van der Waals surface area contributed by atoms with Gasteiger partial charge in [0.05, 0.1) is 24.0 Å². The summed E-state index contributed by atoms with van der Waals surface area (Å²) in [5.41, 5.74) is 4.28. The average molecular weight is 294 g/mol. The van der Waals surface area contributed by atoms with Crippen LogP contribution in [0.2, 0.25) is 0 Å². The SMILES string of the molecule is CC1CN=C(c2ccccc2)C(c2ccccc2)=N1.CCO. The third kappa shape index (κ3) is 4.12. The van der Waals surface area contributed by atoms with Crippen molar-refractivity contribution in [2.45, 2.75) is 19.9 Å². The highest BCUT2D eigenvalue weighted by atomic mass is 16.2. The van der Waals surface area contributed by atoms with Gasteiger partial charge in [-0.05, 0) is 13.8 Å². The molecule has 1 N–H and O–H groups in total. The van der Waals surface area contributed by atoms with E-state index in [4.69, 9.17) is 15.1 Å². The monoisotopic (exact) mass is 294 g/mol. The van der Waals surface area contributed by atoms with Crippen LogP contribution in [0.5, 0.6) is 0 Å². The van der Waals surface area contributed by atoms with Crippen LogP contribution in [0.25, 0.3) is 0 Å². The lowest BCUT2D eigenvalue weighted by molar-refractivity contribution is 0.318. The highest BCUT2D eigenvalue weighted by Gasteiger charge is 2.18. The van der Waals surface area contributed by atoms with E-state index in [1.807, 2.05) is 36.4 Å². The lowest BCUT2D eigenvalue weighted by atomic mass is 9.98. The fourth-order valence-electron chi connectivity index (χ4n) is 2.25. The number of aliphatic imine (C=N–C) groups is 2. The van der Waals surface area contributed by atoms with Crippen molar-refractivity contribution in [2.24, 2.45) is 9.98 Å². The minimum absolute atomic E-state index is 0.250. The molecule has 3 nitrogen and oxygen atoms in total. The van der Waals surface area contributed by atoms with Gasteiger partial charge in [-0.3, -0.25) is 9.98 Å². The van der Waals surface area contributed by atoms with Crippen LogP contribution in [-0.2, 0) is 0 Å². The standard InChI is InChI=1S/C17H16N2.C2H6O/c1-13-12-18-16(14-8-4-2-5-9-14)17(19-13)15-10-6-3-7-11-15;1-2-3/h2-11,13H,12H2,1H3;3H,2H2,1H3. The van der Waals surface area contributed by atoms with Gasteiger partial charge in [-0.1, -0.05) is 60.7 Å². The summed E-state index contributed by atoms with van der Waals surface area (Å²) in [6, 6.07) is 20.8. The van der Waals surface area contributed by atoms with E-state index < -0.39 is 0 Å². The highest BCUT2D eigenvalue weighted by Crippen LogP contribution is 2.15. The molecular formula is C19H22N2O. The van der Waals surface area contributed by atoms with Crippen LogP contribution in [0.3, 0.4) is 0 Å². The molecule has 0 amide bonds. The van der Waals surface area contributed by atoms with Crippen LogP contribution in [0.1, 0.15) is 25.0 Å². The Balaban J connectivity index is 0.000000545. The molecule has 114 valence electrons. The third-order valence-corrected chi connectivity index (χ3v) is 3.18. The van der Waals surface area contributed by atoms with Crippen LogP contribution < -0.4 is 0 Å². The van der Waals surface area contributed by atoms with E-state index in [0.717, 1.165) is 29.1 Å². The molecule has 1 atom stereocenters. The largest absolute Gasteiger partial charge is 0.397 e. The zero-order valence-corrected chi connectivity index (χ0v) is 13.1. The predicted molar refractivity (Wildman–Crippen MR) is 93.0 cm³/mol. The van der Waals surface area contributed by atoms with Gasteiger partial charge in [0, 0.05) is 17.7 Å². The molecule has 3 heteroatoms. The Morgan fingerprint density at radius 1 is 0.909 bits per heavy atom. The van der Waals surface area contributed by atoms with Crippen LogP contribution in [0.15, 0.2) is 70.6 Å². The van der Waals surface area contributed by atoms with Crippen molar-refractivity contribution in [2.75, 3.05) is 13.2 Å². The molecule has 2 aromatic rings. The maximum Gasteiger partial charge on any atom is 0.0908 e. The summed E-state index contributed by atoms with van der Waals surface area (Å²) < 4.78 is 0. The van der Waals surface area contributed by atoms with Gasteiger partial charge >= 0.3 is 0 Å². The number of benzene rings is 2. The fraction of sp³-hybridized carbons (Fsp3) is 0.263. The number of nitrogens with zero attached hydrogens (tertiary/aromatic N) is 2. The van der Waals surface area contributed by atoms with E-state index in [-0.39, 0.29) is 12.6 Å². The molecule has 1 unspecified atom stereocenters. The summed E-state index contributed by atoms with van der Waals surface area (Å²) in [4.78, 5) is 9.52. The second-order valence-corrected chi connectivity index (χ2v) is 5.06. The zero-order chi connectivity index (χ0) is 15.8. The van der Waals surface area contributed by atoms with Crippen LogP contribution in [-0.4, -0.2) is 35.7 Å². The molecule has 0 saturated carbocycles. The molecule has 0 aromatic heterocycles. The number of aliphatic hydroxyl groups excluding tert-OH is 1. The molecule has 0 bridgehead atoms. The fourth-order valence-corrected chi connectivity index (χ4v) is 2.25. The summed E-state index contributed by atoms with van der Waals surface area (Å²) in [5.74, 6) is 0. The Morgan fingerprint density at radius 2 is 1.36 bits per heavy atom. The Kier molecular flexibility index (Phi) is 6.04. The molecule has 1 aliphatic heterocycles. The average Bonchev–Trinajstić information content (AvgIpc) is 2.57. The first kappa shape index (κ1) is 16.1. The summed E-state index contributed by atoms with van der Waals surface area (Å²) in [7, 11) is 0. The van der Waals surface area contributed by atoms with Gasteiger partial charge in [-0.25, -0.2) is 0 Å². The number of hydrogen-bond acceptors (Lipinski definition) is 3. The van der Waals surface area contributed by atoms with Gasteiger partial charge < -0.3 is 5.11 Å². The van der Waals surface area contributed by atoms with Gasteiger partial charge in [0.2, 0.25) is 0 Å². The number of rotatable bonds is 2. The van der Waals surface area contributed by atoms with Crippen LogP contribution in [0.4, 0.5) is 0 Å². The minimum Gasteiger partial charge on any atom is -0.397 e. The normalized spacial score (nSPS) is 17.0. The molecule has 3 rings (SSSR count). The van der Waals surface area contributed by atoms with E-state index in [0.29, 0.717) is 0 Å². The van der Waals surface area contributed by atoms with E-state index in [2.05, 4.69) is 31.2 Å². The summed E-state index contributed by atoms with van der Waals surface area (Å²) in [5, 5.41) is 7.57. The third-order valence-electron chi connectivity index (χ3n) is 3.18.